The first kappa shape index (κ1) is 20.2. The molecule has 8 heteroatoms. The first-order valence-electron chi connectivity index (χ1n) is 8.69. The SMILES string of the molecule is N=C(c1cccc(S(N)(=O)=O)c1)c1cc(C(=O)NCc2ccccc2)ccc1N. The van der Waals surface area contributed by atoms with Gasteiger partial charge >= 0.3 is 0 Å². The molecule has 29 heavy (non-hydrogen) atoms. The van der Waals surface area contributed by atoms with Crippen LogP contribution in [0.2, 0.25) is 0 Å². The normalized spacial score (nSPS) is 11.1. The van der Waals surface area contributed by atoms with E-state index in [2.05, 4.69) is 5.32 Å². The monoisotopic (exact) mass is 408 g/mol. The summed E-state index contributed by atoms with van der Waals surface area (Å²) in [4.78, 5) is 12.4. The molecule has 0 fully saturated rings. The maximum atomic E-state index is 12.5. The molecule has 0 spiro atoms. The summed E-state index contributed by atoms with van der Waals surface area (Å²) < 4.78 is 23.1. The number of nitrogen functional groups attached to an aromatic ring is 1. The summed E-state index contributed by atoms with van der Waals surface area (Å²) >= 11 is 0. The van der Waals surface area contributed by atoms with Crippen molar-refractivity contribution in [3.05, 3.63) is 95.1 Å². The molecular weight excluding hydrogens is 388 g/mol. The van der Waals surface area contributed by atoms with Gasteiger partial charge in [0.15, 0.2) is 0 Å². The first-order valence-corrected chi connectivity index (χ1v) is 10.2. The zero-order valence-electron chi connectivity index (χ0n) is 15.4. The molecule has 7 nitrogen and oxygen atoms in total. The van der Waals surface area contributed by atoms with Crippen LogP contribution in [0.1, 0.15) is 27.0 Å². The molecule has 0 aliphatic heterocycles. The summed E-state index contributed by atoms with van der Waals surface area (Å²) in [7, 11) is -3.90. The summed E-state index contributed by atoms with van der Waals surface area (Å²) in [5.41, 5.74) is 8.25. The van der Waals surface area contributed by atoms with Crippen molar-refractivity contribution in [2.45, 2.75) is 11.4 Å². The number of nitrogens with two attached hydrogens (primary N) is 2. The minimum absolute atomic E-state index is 0.00860. The Morgan fingerprint density at radius 2 is 1.66 bits per heavy atom. The van der Waals surface area contributed by atoms with Crippen molar-refractivity contribution in [1.82, 2.24) is 5.32 Å². The summed E-state index contributed by atoms with van der Waals surface area (Å²) in [6, 6.07) is 19.9. The number of carbonyl (C=O) groups excluding carboxylic acids is 1. The van der Waals surface area contributed by atoms with E-state index in [1.165, 1.54) is 24.3 Å². The molecule has 0 saturated carbocycles. The van der Waals surface area contributed by atoms with Crippen LogP contribution in [-0.2, 0) is 16.6 Å². The van der Waals surface area contributed by atoms with Gasteiger partial charge in [-0.1, -0.05) is 42.5 Å². The van der Waals surface area contributed by atoms with Crippen molar-refractivity contribution >= 4 is 27.3 Å². The van der Waals surface area contributed by atoms with Gasteiger partial charge in [0.05, 0.1) is 10.6 Å². The predicted octanol–water partition coefficient (Wildman–Crippen LogP) is 2.26. The molecule has 1 amide bonds. The molecule has 0 saturated heterocycles. The van der Waals surface area contributed by atoms with Crippen LogP contribution in [0.5, 0.6) is 0 Å². The second kappa shape index (κ2) is 8.26. The van der Waals surface area contributed by atoms with Crippen LogP contribution in [0.4, 0.5) is 5.69 Å². The van der Waals surface area contributed by atoms with E-state index in [4.69, 9.17) is 16.3 Å². The van der Waals surface area contributed by atoms with Gasteiger partial charge in [-0.15, -0.1) is 0 Å². The van der Waals surface area contributed by atoms with Gasteiger partial charge in [-0.05, 0) is 35.9 Å². The molecule has 0 aliphatic rings. The van der Waals surface area contributed by atoms with E-state index in [-0.39, 0.29) is 16.5 Å². The number of hydrogen-bond acceptors (Lipinski definition) is 5. The van der Waals surface area contributed by atoms with Gasteiger partial charge in [0.25, 0.3) is 5.91 Å². The third-order valence-electron chi connectivity index (χ3n) is 4.33. The average molecular weight is 408 g/mol. The van der Waals surface area contributed by atoms with E-state index in [0.29, 0.717) is 28.9 Å². The zero-order chi connectivity index (χ0) is 21.0. The third kappa shape index (κ3) is 4.87. The third-order valence-corrected chi connectivity index (χ3v) is 5.24. The Morgan fingerprint density at radius 1 is 0.931 bits per heavy atom. The van der Waals surface area contributed by atoms with Crippen molar-refractivity contribution in [2.24, 2.45) is 5.14 Å². The van der Waals surface area contributed by atoms with E-state index in [0.717, 1.165) is 5.56 Å². The molecule has 0 aliphatic carbocycles. The summed E-state index contributed by atoms with van der Waals surface area (Å²) in [5.74, 6) is -0.304. The Kier molecular flexibility index (Phi) is 5.76. The van der Waals surface area contributed by atoms with Crippen LogP contribution in [0, 0.1) is 5.41 Å². The quantitative estimate of drug-likeness (QED) is 0.367. The molecule has 0 radical (unpaired) electrons. The van der Waals surface area contributed by atoms with Crippen LogP contribution in [-0.4, -0.2) is 20.0 Å². The molecule has 3 aromatic carbocycles. The molecule has 6 N–H and O–H groups in total. The number of carbonyl (C=O) groups is 1. The largest absolute Gasteiger partial charge is 0.398 e. The fraction of sp³-hybridized carbons (Fsp3) is 0.0476. The highest BCUT2D eigenvalue weighted by Gasteiger charge is 2.15. The molecular formula is C21H20N4O3S. The van der Waals surface area contributed by atoms with Gasteiger partial charge in [-0.25, -0.2) is 13.6 Å². The van der Waals surface area contributed by atoms with E-state index >= 15 is 0 Å². The lowest BCUT2D eigenvalue weighted by Crippen LogP contribution is -2.23. The van der Waals surface area contributed by atoms with Crippen LogP contribution in [0.15, 0.2) is 77.7 Å². The molecule has 0 atom stereocenters. The van der Waals surface area contributed by atoms with Gasteiger partial charge in [0.1, 0.15) is 0 Å². The number of sulfonamides is 1. The lowest BCUT2D eigenvalue weighted by atomic mass is 9.98. The predicted molar refractivity (Wildman–Crippen MR) is 112 cm³/mol. The lowest BCUT2D eigenvalue weighted by molar-refractivity contribution is 0.0951. The highest BCUT2D eigenvalue weighted by Crippen LogP contribution is 2.20. The van der Waals surface area contributed by atoms with E-state index in [1.807, 2.05) is 30.3 Å². The number of hydrogen-bond donors (Lipinski definition) is 4. The fourth-order valence-corrected chi connectivity index (χ4v) is 3.34. The van der Waals surface area contributed by atoms with Crippen LogP contribution in [0.25, 0.3) is 0 Å². The second-order valence-corrected chi connectivity index (χ2v) is 7.98. The molecule has 3 rings (SSSR count). The second-order valence-electron chi connectivity index (χ2n) is 6.42. The average Bonchev–Trinajstić information content (AvgIpc) is 2.72. The van der Waals surface area contributed by atoms with Crippen molar-refractivity contribution in [3.63, 3.8) is 0 Å². The van der Waals surface area contributed by atoms with Crippen LogP contribution >= 0.6 is 0 Å². The highest BCUT2D eigenvalue weighted by atomic mass is 32.2. The number of benzene rings is 3. The standard InChI is InChI=1S/C21H20N4O3S/c22-19-10-9-16(21(26)25-13-14-5-2-1-3-6-14)12-18(19)20(23)15-7-4-8-17(11-15)29(24,27)28/h1-12,23H,13,22H2,(H,25,26)(H2,24,27,28). The molecule has 148 valence electrons. The Bertz CT molecular complexity index is 1180. The Balaban J connectivity index is 1.85. The number of anilines is 1. The first-order chi connectivity index (χ1) is 13.8. The molecule has 3 aromatic rings. The summed E-state index contributed by atoms with van der Waals surface area (Å²) in [6.07, 6.45) is 0. The summed E-state index contributed by atoms with van der Waals surface area (Å²) in [5, 5.41) is 16.4. The molecule has 0 aromatic heterocycles. The fourth-order valence-electron chi connectivity index (χ4n) is 2.78. The Hall–Kier alpha value is -3.49. The van der Waals surface area contributed by atoms with Gasteiger partial charge in [-0.2, -0.15) is 0 Å². The highest BCUT2D eigenvalue weighted by molar-refractivity contribution is 7.89. The van der Waals surface area contributed by atoms with Crippen molar-refractivity contribution in [2.75, 3.05) is 5.73 Å². The maximum Gasteiger partial charge on any atom is 0.251 e. The summed E-state index contributed by atoms with van der Waals surface area (Å²) in [6.45, 7) is 0.368. The molecule has 0 unspecified atom stereocenters. The van der Waals surface area contributed by atoms with E-state index in [1.54, 1.807) is 18.2 Å². The van der Waals surface area contributed by atoms with Gasteiger partial charge in [-0.3, -0.25) is 10.2 Å². The van der Waals surface area contributed by atoms with Crippen molar-refractivity contribution in [3.8, 4) is 0 Å². The number of amides is 1. The minimum atomic E-state index is -3.90. The van der Waals surface area contributed by atoms with Gasteiger partial charge < -0.3 is 11.1 Å². The lowest BCUT2D eigenvalue weighted by Gasteiger charge is -2.12. The molecule has 0 bridgehead atoms. The Labute approximate surface area is 168 Å². The van der Waals surface area contributed by atoms with Gasteiger partial charge in [0, 0.05) is 28.9 Å². The van der Waals surface area contributed by atoms with Crippen molar-refractivity contribution in [1.29, 1.82) is 5.41 Å². The van der Waals surface area contributed by atoms with E-state index in [9.17, 15) is 13.2 Å². The number of rotatable bonds is 6. The Morgan fingerprint density at radius 3 is 2.34 bits per heavy atom. The van der Waals surface area contributed by atoms with Gasteiger partial charge in [0.2, 0.25) is 10.0 Å². The zero-order valence-corrected chi connectivity index (χ0v) is 16.2. The maximum absolute atomic E-state index is 12.5. The minimum Gasteiger partial charge on any atom is -0.398 e. The molecule has 0 heterocycles. The number of primary sulfonamides is 1. The van der Waals surface area contributed by atoms with E-state index < -0.39 is 10.0 Å². The van der Waals surface area contributed by atoms with Crippen LogP contribution < -0.4 is 16.2 Å². The number of nitrogens with one attached hydrogen (secondary N) is 2. The topological polar surface area (TPSA) is 139 Å². The van der Waals surface area contributed by atoms with Crippen LogP contribution in [0.3, 0.4) is 0 Å². The van der Waals surface area contributed by atoms with Crippen molar-refractivity contribution < 1.29 is 13.2 Å². The smallest absolute Gasteiger partial charge is 0.251 e.